The van der Waals surface area contributed by atoms with E-state index in [0.717, 1.165) is 6.42 Å². The lowest BCUT2D eigenvalue weighted by Crippen LogP contribution is -2.44. The molecule has 0 unspecified atom stereocenters. The number of hydrogen-bond donors (Lipinski definition) is 3. The molecule has 0 bridgehead atoms. The standard InChI is InChI=1S/C22H44O6/c1-18(2)14-22(15-26-19(3)8-11-23,16-27-20(4,5)9-12-24)17-28-21(6,7)10-13-25/h8,18,23-25H,9-17H2,1-7H3/b19-8+. The van der Waals surface area contributed by atoms with Gasteiger partial charge >= 0.3 is 0 Å². The van der Waals surface area contributed by atoms with E-state index < -0.39 is 16.6 Å². The molecule has 0 aliphatic rings. The van der Waals surface area contributed by atoms with E-state index in [0.29, 0.717) is 44.3 Å². The van der Waals surface area contributed by atoms with Crippen LogP contribution >= 0.6 is 0 Å². The molecule has 0 rings (SSSR count). The summed E-state index contributed by atoms with van der Waals surface area (Å²) >= 11 is 0. The molecule has 6 nitrogen and oxygen atoms in total. The van der Waals surface area contributed by atoms with E-state index in [2.05, 4.69) is 13.8 Å². The summed E-state index contributed by atoms with van der Waals surface area (Å²) in [7, 11) is 0. The summed E-state index contributed by atoms with van der Waals surface area (Å²) in [5.74, 6) is 1.07. The average Bonchev–Trinajstić information content (AvgIpc) is 2.56. The van der Waals surface area contributed by atoms with E-state index in [-0.39, 0.29) is 19.8 Å². The van der Waals surface area contributed by atoms with Crippen LogP contribution < -0.4 is 0 Å². The maximum Gasteiger partial charge on any atom is 0.0977 e. The number of rotatable bonds is 16. The molecule has 0 radical (unpaired) electrons. The Hall–Kier alpha value is -0.660. The highest BCUT2D eigenvalue weighted by Gasteiger charge is 2.37. The van der Waals surface area contributed by atoms with Gasteiger partial charge in [0, 0.05) is 13.2 Å². The van der Waals surface area contributed by atoms with Crippen LogP contribution in [0.25, 0.3) is 0 Å². The minimum absolute atomic E-state index is 0.0664. The van der Waals surface area contributed by atoms with Crippen molar-refractivity contribution in [2.24, 2.45) is 11.3 Å². The van der Waals surface area contributed by atoms with Gasteiger partial charge in [-0.2, -0.15) is 0 Å². The van der Waals surface area contributed by atoms with Crippen LogP contribution in [0.2, 0.25) is 0 Å². The second-order valence-corrected chi connectivity index (χ2v) is 9.43. The predicted octanol–water partition coefficient (Wildman–Crippen LogP) is 3.29. The van der Waals surface area contributed by atoms with Gasteiger partial charge in [0.1, 0.15) is 0 Å². The zero-order valence-corrected chi connectivity index (χ0v) is 19.1. The van der Waals surface area contributed by atoms with Gasteiger partial charge in [0.2, 0.25) is 0 Å². The van der Waals surface area contributed by atoms with E-state index in [1.807, 2.05) is 34.6 Å². The Morgan fingerprint density at radius 3 is 1.68 bits per heavy atom. The van der Waals surface area contributed by atoms with Crippen molar-refractivity contribution in [1.29, 1.82) is 0 Å². The topological polar surface area (TPSA) is 88.4 Å². The van der Waals surface area contributed by atoms with Gasteiger partial charge in [-0.25, -0.2) is 0 Å². The molecule has 168 valence electrons. The molecule has 0 amide bonds. The maximum atomic E-state index is 9.30. The van der Waals surface area contributed by atoms with Crippen molar-refractivity contribution in [2.45, 2.75) is 78.9 Å². The number of hydrogen-bond acceptors (Lipinski definition) is 6. The first-order valence-corrected chi connectivity index (χ1v) is 10.3. The molecule has 0 fully saturated rings. The fourth-order valence-corrected chi connectivity index (χ4v) is 3.00. The van der Waals surface area contributed by atoms with Gasteiger partial charge in [-0.05, 0) is 65.9 Å². The van der Waals surface area contributed by atoms with Gasteiger partial charge in [-0.1, -0.05) is 13.8 Å². The first kappa shape index (κ1) is 27.3. The van der Waals surface area contributed by atoms with Crippen LogP contribution in [0, 0.1) is 11.3 Å². The molecular formula is C22H44O6. The molecule has 0 aromatic heterocycles. The van der Waals surface area contributed by atoms with E-state index in [4.69, 9.17) is 19.3 Å². The van der Waals surface area contributed by atoms with Gasteiger partial charge in [0.15, 0.2) is 0 Å². The highest BCUT2D eigenvalue weighted by atomic mass is 16.5. The zero-order valence-electron chi connectivity index (χ0n) is 19.1. The summed E-state index contributed by atoms with van der Waals surface area (Å²) in [4.78, 5) is 0. The first-order valence-electron chi connectivity index (χ1n) is 10.3. The van der Waals surface area contributed by atoms with Gasteiger partial charge in [0.05, 0.1) is 48.8 Å². The van der Waals surface area contributed by atoms with Crippen molar-refractivity contribution in [2.75, 3.05) is 39.6 Å². The SMILES string of the molecule is C/C(=C\CO)OCC(COC(C)(C)CCO)(COC(C)(C)CCO)CC(C)C. The molecule has 28 heavy (non-hydrogen) atoms. The van der Waals surface area contributed by atoms with E-state index in [1.165, 1.54) is 0 Å². The summed E-state index contributed by atoms with van der Waals surface area (Å²) in [6, 6.07) is 0. The Labute approximate surface area is 171 Å². The van der Waals surface area contributed by atoms with E-state index in [1.54, 1.807) is 6.08 Å². The highest BCUT2D eigenvalue weighted by Crippen LogP contribution is 2.33. The Morgan fingerprint density at radius 1 is 0.857 bits per heavy atom. The fourth-order valence-electron chi connectivity index (χ4n) is 3.00. The van der Waals surface area contributed by atoms with E-state index in [9.17, 15) is 10.2 Å². The Morgan fingerprint density at radius 2 is 1.32 bits per heavy atom. The van der Waals surface area contributed by atoms with Crippen LogP contribution in [0.5, 0.6) is 0 Å². The highest BCUT2D eigenvalue weighted by molar-refractivity contribution is 4.91. The van der Waals surface area contributed by atoms with Gasteiger partial charge in [0.25, 0.3) is 0 Å². The van der Waals surface area contributed by atoms with Crippen molar-refractivity contribution in [3.63, 3.8) is 0 Å². The molecule has 0 aromatic rings. The zero-order chi connectivity index (χ0) is 21.8. The first-order chi connectivity index (χ1) is 12.9. The number of allylic oxidation sites excluding steroid dienone is 1. The third-order valence-corrected chi connectivity index (χ3v) is 4.79. The van der Waals surface area contributed by atoms with Gasteiger partial charge < -0.3 is 29.5 Å². The summed E-state index contributed by atoms with van der Waals surface area (Å²) in [5.41, 5.74) is -1.29. The largest absolute Gasteiger partial charge is 0.498 e. The summed E-state index contributed by atoms with van der Waals surface area (Å²) in [6.45, 7) is 15.3. The molecule has 0 spiro atoms. The van der Waals surface area contributed by atoms with Crippen LogP contribution in [0.4, 0.5) is 0 Å². The summed E-state index contributed by atoms with van der Waals surface area (Å²) in [6.07, 6.45) is 3.56. The smallest absolute Gasteiger partial charge is 0.0977 e. The fraction of sp³-hybridized carbons (Fsp3) is 0.909. The molecule has 0 aromatic carbocycles. The number of aliphatic hydroxyl groups excluding tert-OH is 3. The number of ether oxygens (including phenoxy) is 3. The van der Waals surface area contributed by atoms with Crippen molar-refractivity contribution in [1.82, 2.24) is 0 Å². The summed E-state index contributed by atoms with van der Waals surface area (Å²) in [5, 5.41) is 27.7. The monoisotopic (exact) mass is 404 g/mol. The van der Waals surface area contributed by atoms with Gasteiger partial charge in [-0.15, -0.1) is 0 Å². The molecule has 3 N–H and O–H groups in total. The quantitative estimate of drug-likeness (QED) is 0.342. The third kappa shape index (κ3) is 12.0. The molecule has 0 saturated heterocycles. The minimum Gasteiger partial charge on any atom is -0.498 e. The van der Waals surface area contributed by atoms with Crippen molar-refractivity contribution >= 4 is 0 Å². The molecule has 6 heteroatoms. The number of aliphatic hydroxyl groups is 3. The van der Waals surface area contributed by atoms with Crippen molar-refractivity contribution in [3.8, 4) is 0 Å². The lowest BCUT2D eigenvalue weighted by Gasteiger charge is -2.40. The Bertz CT molecular complexity index is 420. The normalized spacial score (nSPS) is 14.0. The minimum atomic E-state index is -0.451. The molecule has 0 aliphatic heterocycles. The second kappa shape index (κ2) is 12.8. The molecular weight excluding hydrogens is 360 g/mol. The Balaban J connectivity index is 5.49. The van der Waals surface area contributed by atoms with Crippen molar-refractivity contribution in [3.05, 3.63) is 11.8 Å². The average molecular weight is 405 g/mol. The summed E-state index contributed by atoms with van der Waals surface area (Å²) < 4.78 is 18.4. The second-order valence-electron chi connectivity index (χ2n) is 9.43. The van der Waals surface area contributed by atoms with E-state index >= 15 is 0 Å². The molecule has 0 saturated carbocycles. The van der Waals surface area contributed by atoms with Crippen LogP contribution in [-0.2, 0) is 14.2 Å². The van der Waals surface area contributed by atoms with Crippen LogP contribution in [-0.4, -0.2) is 66.2 Å². The lowest BCUT2D eigenvalue weighted by atomic mass is 9.81. The molecule has 0 heterocycles. The third-order valence-electron chi connectivity index (χ3n) is 4.79. The lowest BCUT2D eigenvalue weighted by molar-refractivity contribution is -0.144. The predicted molar refractivity (Wildman–Crippen MR) is 112 cm³/mol. The van der Waals surface area contributed by atoms with Crippen LogP contribution in [0.3, 0.4) is 0 Å². The van der Waals surface area contributed by atoms with Gasteiger partial charge in [-0.3, -0.25) is 0 Å². The Kier molecular flexibility index (Phi) is 12.5. The van der Waals surface area contributed by atoms with Crippen LogP contribution in [0.15, 0.2) is 11.8 Å². The maximum absolute atomic E-state index is 9.30. The van der Waals surface area contributed by atoms with Crippen LogP contribution in [0.1, 0.15) is 67.7 Å². The molecule has 0 atom stereocenters. The van der Waals surface area contributed by atoms with Crippen molar-refractivity contribution < 1.29 is 29.5 Å². The molecule has 0 aliphatic carbocycles.